The standard InChI is InChI=1S/C22H22N6O2S/c1-3-27-19(24-25-22(27)31)13-23-21(29)18-14-28(16-7-5-4-6-8-16)26-20(18)15-9-11-17(30-2)12-10-15/h4-12,14H,3,13H2,1-2H3,(H,23,29)(H,25,31). The molecule has 2 heterocycles. The number of methoxy groups -OCH3 is 1. The summed E-state index contributed by atoms with van der Waals surface area (Å²) in [6.07, 6.45) is 1.74. The van der Waals surface area contributed by atoms with Crippen LogP contribution in [0.4, 0.5) is 0 Å². The van der Waals surface area contributed by atoms with Crippen LogP contribution in [0.3, 0.4) is 0 Å². The van der Waals surface area contributed by atoms with Crippen LogP contribution in [0, 0.1) is 4.77 Å². The van der Waals surface area contributed by atoms with Crippen LogP contribution in [0.5, 0.6) is 5.75 Å². The predicted molar refractivity (Wildman–Crippen MR) is 120 cm³/mol. The number of carbonyl (C=O) groups excluding carboxylic acids is 1. The molecular weight excluding hydrogens is 412 g/mol. The molecule has 0 aliphatic carbocycles. The van der Waals surface area contributed by atoms with Crippen LogP contribution in [-0.4, -0.2) is 37.6 Å². The summed E-state index contributed by atoms with van der Waals surface area (Å²) in [4.78, 5) is 13.1. The third-order valence-electron chi connectivity index (χ3n) is 4.90. The molecule has 4 rings (SSSR count). The van der Waals surface area contributed by atoms with Crippen LogP contribution < -0.4 is 10.1 Å². The minimum Gasteiger partial charge on any atom is -0.497 e. The number of benzene rings is 2. The minimum atomic E-state index is -0.246. The van der Waals surface area contributed by atoms with Gasteiger partial charge >= 0.3 is 0 Å². The maximum atomic E-state index is 13.1. The second-order valence-electron chi connectivity index (χ2n) is 6.77. The Kier molecular flexibility index (Phi) is 5.94. The molecule has 0 fully saturated rings. The van der Waals surface area contributed by atoms with Crippen molar-refractivity contribution in [2.24, 2.45) is 0 Å². The fourth-order valence-corrected chi connectivity index (χ4v) is 3.56. The molecule has 31 heavy (non-hydrogen) atoms. The lowest BCUT2D eigenvalue weighted by Crippen LogP contribution is -2.25. The van der Waals surface area contributed by atoms with Crippen molar-refractivity contribution in [1.82, 2.24) is 29.9 Å². The number of carbonyl (C=O) groups is 1. The molecule has 158 valence electrons. The van der Waals surface area contributed by atoms with Crippen LogP contribution >= 0.6 is 12.2 Å². The molecular formula is C22H22N6O2S. The largest absolute Gasteiger partial charge is 0.497 e. The van der Waals surface area contributed by atoms with E-state index >= 15 is 0 Å². The van der Waals surface area contributed by atoms with Crippen molar-refractivity contribution in [3.63, 3.8) is 0 Å². The first kappa shape index (κ1) is 20.5. The highest BCUT2D eigenvalue weighted by molar-refractivity contribution is 7.71. The van der Waals surface area contributed by atoms with E-state index in [4.69, 9.17) is 22.1 Å². The minimum absolute atomic E-state index is 0.246. The Bertz CT molecular complexity index is 1240. The van der Waals surface area contributed by atoms with E-state index in [2.05, 4.69) is 15.5 Å². The van der Waals surface area contributed by atoms with Gasteiger partial charge in [-0.05, 0) is 55.5 Å². The van der Waals surface area contributed by atoms with E-state index in [0.717, 1.165) is 17.0 Å². The van der Waals surface area contributed by atoms with Gasteiger partial charge < -0.3 is 14.6 Å². The Morgan fingerprint density at radius 3 is 2.58 bits per heavy atom. The predicted octanol–water partition coefficient (Wildman–Crippen LogP) is 3.75. The van der Waals surface area contributed by atoms with Crippen molar-refractivity contribution in [2.75, 3.05) is 7.11 Å². The summed E-state index contributed by atoms with van der Waals surface area (Å²) in [5.74, 6) is 1.16. The van der Waals surface area contributed by atoms with Crippen molar-refractivity contribution >= 4 is 18.1 Å². The van der Waals surface area contributed by atoms with Crippen molar-refractivity contribution in [1.29, 1.82) is 0 Å². The molecule has 0 atom stereocenters. The summed E-state index contributed by atoms with van der Waals surface area (Å²) in [7, 11) is 1.61. The number of para-hydroxylation sites is 1. The summed E-state index contributed by atoms with van der Waals surface area (Å²) in [5.41, 5.74) is 2.73. The Morgan fingerprint density at radius 2 is 1.90 bits per heavy atom. The first-order valence-corrected chi connectivity index (χ1v) is 10.2. The number of hydrogen-bond acceptors (Lipinski definition) is 5. The van der Waals surface area contributed by atoms with E-state index in [0.29, 0.717) is 28.4 Å². The molecule has 9 heteroatoms. The molecule has 0 unspecified atom stereocenters. The van der Waals surface area contributed by atoms with E-state index in [1.54, 1.807) is 18.0 Å². The van der Waals surface area contributed by atoms with Gasteiger partial charge in [-0.3, -0.25) is 9.89 Å². The number of aromatic amines is 1. The maximum Gasteiger partial charge on any atom is 0.255 e. The molecule has 2 aromatic carbocycles. The van der Waals surface area contributed by atoms with Gasteiger partial charge in [0.25, 0.3) is 5.91 Å². The second-order valence-corrected chi connectivity index (χ2v) is 7.16. The summed E-state index contributed by atoms with van der Waals surface area (Å²) >= 11 is 5.22. The Labute approximate surface area is 184 Å². The molecule has 4 aromatic rings. The van der Waals surface area contributed by atoms with E-state index < -0.39 is 0 Å². The lowest BCUT2D eigenvalue weighted by molar-refractivity contribution is 0.0950. The van der Waals surface area contributed by atoms with Crippen LogP contribution in [-0.2, 0) is 13.1 Å². The van der Waals surface area contributed by atoms with Crippen molar-refractivity contribution < 1.29 is 9.53 Å². The highest BCUT2D eigenvalue weighted by Gasteiger charge is 2.19. The van der Waals surface area contributed by atoms with Gasteiger partial charge in [0, 0.05) is 18.3 Å². The molecule has 2 N–H and O–H groups in total. The Hall–Kier alpha value is -3.72. The smallest absolute Gasteiger partial charge is 0.255 e. The van der Waals surface area contributed by atoms with Crippen molar-refractivity contribution in [3.8, 4) is 22.7 Å². The normalized spacial score (nSPS) is 10.8. The topological polar surface area (TPSA) is 89.8 Å². The number of rotatable bonds is 7. The second kappa shape index (κ2) is 8.97. The molecule has 0 aliphatic heterocycles. The van der Waals surface area contributed by atoms with Crippen LogP contribution in [0.2, 0.25) is 0 Å². The molecule has 2 aromatic heterocycles. The van der Waals surface area contributed by atoms with Gasteiger partial charge in [0.15, 0.2) is 10.6 Å². The lowest BCUT2D eigenvalue weighted by Gasteiger charge is -2.07. The van der Waals surface area contributed by atoms with Crippen molar-refractivity contribution in [3.05, 3.63) is 77.0 Å². The molecule has 0 spiro atoms. The number of aromatic nitrogens is 5. The van der Waals surface area contributed by atoms with E-state index in [-0.39, 0.29) is 12.5 Å². The number of H-pyrrole nitrogens is 1. The first-order valence-electron chi connectivity index (χ1n) is 9.82. The van der Waals surface area contributed by atoms with Gasteiger partial charge in [-0.15, -0.1) is 0 Å². The fraction of sp³-hybridized carbons (Fsp3) is 0.182. The van der Waals surface area contributed by atoms with Gasteiger partial charge in [-0.1, -0.05) is 18.2 Å². The highest BCUT2D eigenvalue weighted by Crippen LogP contribution is 2.26. The monoisotopic (exact) mass is 434 g/mol. The molecule has 0 aliphatic rings. The SMILES string of the molecule is CCn1c(CNC(=O)c2cn(-c3ccccc3)nc2-c2ccc(OC)cc2)n[nH]c1=S. The number of nitrogens with one attached hydrogen (secondary N) is 2. The van der Waals surface area contributed by atoms with Crippen LogP contribution in [0.1, 0.15) is 23.1 Å². The summed E-state index contributed by atoms with van der Waals surface area (Å²) < 4.78 is 9.32. The Morgan fingerprint density at radius 1 is 1.16 bits per heavy atom. The number of hydrogen-bond donors (Lipinski definition) is 2. The van der Waals surface area contributed by atoms with Gasteiger partial charge in [-0.25, -0.2) is 4.68 Å². The van der Waals surface area contributed by atoms with Crippen LogP contribution in [0.15, 0.2) is 60.8 Å². The van der Waals surface area contributed by atoms with E-state index in [9.17, 15) is 4.79 Å². The van der Waals surface area contributed by atoms with Gasteiger partial charge in [0.1, 0.15) is 11.4 Å². The third kappa shape index (κ3) is 4.26. The van der Waals surface area contributed by atoms with Crippen molar-refractivity contribution in [2.45, 2.75) is 20.0 Å². The van der Waals surface area contributed by atoms with Gasteiger partial charge in [0.2, 0.25) is 0 Å². The van der Waals surface area contributed by atoms with E-state index in [1.807, 2.05) is 66.1 Å². The molecule has 0 saturated carbocycles. The fourth-order valence-electron chi connectivity index (χ4n) is 3.28. The average Bonchev–Trinajstić information content (AvgIpc) is 3.42. The zero-order chi connectivity index (χ0) is 21.8. The van der Waals surface area contributed by atoms with Crippen LogP contribution in [0.25, 0.3) is 16.9 Å². The van der Waals surface area contributed by atoms with Gasteiger partial charge in [-0.2, -0.15) is 10.2 Å². The lowest BCUT2D eigenvalue weighted by atomic mass is 10.1. The average molecular weight is 435 g/mol. The molecule has 0 saturated heterocycles. The molecule has 0 radical (unpaired) electrons. The molecule has 0 bridgehead atoms. The number of ether oxygens (including phenoxy) is 1. The number of amides is 1. The Balaban J connectivity index is 1.67. The number of nitrogens with zero attached hydrogens (tertiary/aromatic N) is 4. The first-order chi connectivity index (χ1) is 15.1. The zero-order valence-electron chi connectivity index (χ0n) is 17.2. The summed E-state index contributed by atoms with van der Waals surface area (Å²) in [6.45, 7) is 2.89. The molecule has 1 amide bonds. The van der Waals surface area contributed by atoms with E-state index in [1.165, 1.54) is 0 Å². The third-order valence-corrected chi connectivity index (χ3v) is 5.22. The zero-order valence-corrected chi connectivity index (χ0v) is 18.0. The maximum absolute atomic E-state index is 13.1. The summed E-state index contributed by atoms with van der Waals surface area (Å²) in [6, 6.07) is 17.1. The summed E-state index contributed by atoms with van der Waals surface area (Å²) in [5, 5.41) is 14.6. The quantitative estimate of drug-likeness (QED) is 0.433. The highest BCUT2D eigenvalue weighted by atomic mass is 32.1. The molecule has 8 nitrogen and oxygen atoms in total. The van der Waals surface area contributed by atoms with Gasteiger partial charge in [0.05, 0.1) is 24.9 Å².